The van der Waals surface area contributed by atoms with E-state index in [2.05, 4.69) is 40.7 Å². The van der Waals surface area contributed by atoms with Crippen molar-refractivity contribution in [2.75, 3.05) is 0 Å². The zero-order chi connectivity index (χ0) is 10.9. The molecule has 1 rings (SSSR count). The van der Waals surface area contributed by atoms with Crippen LogP contribution >= 0.6 is 22.9 Å². The molecule has 1 heterocycles. The molecule has 0 bridgehead atoms. The molecule has 0 spiro atoms. The molecule has 2 atom stereocenters. The van der Waals surface area contributed by atoms with E-state index in [4.69, 9.17) is 11.6 Å². The van der Waals surface area contributed by atoms with Gasteiger partial charge >= 0.3 is 0 Å². The second-order valence-corrected chi connectivity index (χ2v) is 6.30. The molecule has 0 aliphatic carbocycles. The fourth-order valence-corrected chi connectivity index (χ4v) is 3.10. The lowest BCUT2D eigenvalue weighted by Crippen LogP contribution is -2.10. The van der Waals surface area contributed by atoms with E-state index in [1.165, 1.54) is 15.3 Å². The Labute approximate surface area is 96.3 Å². The van der Waals surface area contributed by atoms with Crippen LogP contribution in [0.3, 0.4) is 0 Å². The van der Waals surface area contributed by atoms with Crippen LogP contribution in [0.1, 0.15) is 41.5 Å². The monoisotopic (exact) mass is 230 g/mol. The molecule has 1 aromatic rings. The molecule has 0 fully saturated rings. The molecule has 1 aromatic heterocycles. The van der Waals surface area contributed by atoms with Crippen LogP contribution in [0.2, 0.25) is 0 Å². The Kier molecular flexibility index (Phi) is 4.03. The quantitative estimate of drug-likeness (QED) is 0.646. The molecule has 0 saturated carbocycles. The van der Waals surface area contributed by atoms with Gasteiger partial charge in [-0.3, -0.25) is 0 Å². The van der Waals surface area contributed by atoms with Crippen LogP contribution in [0.25, 0.3) is 0 Å². The fourth-order valence-electron chi connectivity index (χ4n) is 1.55. The van der Waals surface area contributed by atoms with Crippen LogP contribution in [-0.4, -0.2) is 0 Å². The van der Waals surface area contributed by atoms with Gasteiger partial charge in [-0.25, -0.2) is 0 Å². The molecule has 0 aliphatic heterocycles. The first kappa shape index (κ1) is 12.1. The van der Waals surface area contributed by atoms with Crippen LogP contribution in [-0.2, 0) is 0 Å². The van der Waals surface area contributed by atoms with Gasteiger partial charge in [0.25, 0.3) is 0 Å². The van der Waals surface area contributed by atoms with Crippen molar-refractivity contribution in [1.29, 1.82) is 0 Å². The third-order valence-electron chi connectivity index (χ3n) is 2.89. The summed E-state index contributed by atoms with van der Waals surface area (Å²) in [7, 11) is 0. The minimum absolute atomic E-state index is 0.167. The normalized spacial score (nSPS) is 15.9. The molecule has 0 aromatic carbocycles. The summed E-state index contributed by atoms with van der Waals surface area (Å²) in [6, 6.07) is 2.23. The first-order valence-electron chi connectivity index (χ1n) is 5.14. The van der Waals surface area contributed by atoms with Gasteiger partial charge in [-0.05, 0) is 37.3 Å². The fraction of sp³-hybridized carbons (Fsp3) is 0.667. The molecular formula is C12H19ClS. The van der Waals surface area contributed by atoms with Crippen LogP contribution in [0, 0.1) is 25.7 Å². The second-order valence-electron chi connectivity index (χ2n) is 4.37. The van der Waals surface area contributed by atoms with Gasteiger partial charge in [0.1, 0.15) is 0 Å². The number of alkyl halides is 1. The molecule has 0 aliphatic rings. The smallest absolute Gasteiger partial charge is 0.0624 e. The van der Waals surface area contributed by atoms with E-state index in [-0.39, 0.29) is 5.38 Å². The minimum Gasteiger partial charge on any atom is -0.146 e. The van der Waals surface area contributed by atoms with Gasteiger partial charge in [0.2, 0.25) is 0 Å². The van der Waals surface area contributed by atoms with Crippen LogP contribution in [0.4, 0.5) is 0 Å². The van der Waals surface area contributed by atoms with Crippen molar-refractivity contribution in [2.45, 2.75) is 40.0 Å². The Morgan fingerprint density at radius 3 is 2.14 bits per heavy atom. The maximum absolute atomic E-state index is 6.48. The van der Waals surface area contributed by atoms with E-state index >= 15 is 0 Å². The van der Waals surface area contributed by atoms with E-state index in [0.717, 1.165) is 0 Å². The van der Waals surface area contributed by atoms with E-state index in [0.29, 0.717) is 11.8 Å². The van der Waals surface area contributed by atoms with Crippen LogP contribution < -0.4 is 0 Å². The number of hydrogen-bond donors (Lipinski definition) is 0. The van der Waals surface area contributed by atoms with Gasteiger partial charge in [-0.15, -0.1) is 22.9 Å². The Morgan fingerprint density at radius 2 is 1.79 bits per heavy atom. The lowest BCUT2D eigenvalue weighted by Gasteiger charge is -2.21. The molecule has 80 valence electrons. The first-order valence-corrected chi connectivity index (χ1v) is 6.39. The first-order chi connectivity index (χ1) is 6.43. The average Bonchev–Trinajstić information content (AvgIpc) is 2.42. The molecule has 0 radical (unpaired) electrons. The third-order valence-corrected chi connectivity index (χ3v) is 4.50. The molecule has 14 heavy (non-hydrogen) atoms. The average molecular weight is 231 g/mol. The summed E-state index contributed by atoms with van der Waals surface area (Å²) in [6.07, 6.45) is 0. The summed E-state index contributed by atoms with van der Waals surface area (Å²) in [5, 5.41) is 0.167. The lowest BCUT2D eigenvalue weighted by molar-refractivity contribution is 0.406. The molecule has 0 saturated heterocycles. The van der Waals surface area contributed by atoms with Gasteiger partial charge in [-0.1, -0.05) is 20.8 Å². The van der Waals surface area contributed by atoms with Crippen molar-refractivity contribution < 1.29 is 0 Å². The van der Waals surface area contributed by atoms with Crippen molar-refractivity contribution in [3.63, 3.8) is 0 Å². The SMILES string of the molecule is Cc1cc(C(Cl)C(C)C(C)C)c(C)s1. The number of hydrogen-bond acceptors (Lipinski definition) is 1. The summed E-state index contributed by atoms with van der Waals surface area (Å²) in [6.45, 7) is 11.0. The largest absolute Gasteiger partial charge is 0.146 e. The van der Waals surface area contributed by atoms with Crippen molar-refractivity contribution in [3.8, 4) is 0 Å². The highest BCUT2D eigenvalue weighted by Crippen LogP contribution is 2.38. The van der Waals surface area contributed by atoms with E-state index in [1.54, 1.807) is 0 Å². The van der Waals surface area contributed by atoms with Gasteiger partial charge in [0.15, 0.2) is 0 Å². The van der Waals surface area contributed by atoms with Crippen molar-refractivity contribution >= 4 is 22.9 Å². The molecule has 2 unspecified atom stereocenters. The highest BCUT2D eigenvalue weighted by atomic mass is 35.5. The Balaban J connectivity index is 2.88. The highest BCUT2D eigenvalue weighted by Gasteiger charge is 2.22. The number of rotatable bonds is 3. The van der Waals surface area contributed by atoms with Crippen molar-refractivity contribution in [2.24, 2.45) is 11.8 Å². The van der Waals surface area contributed by atoms with Crippen molar-refractivity contribution in [1.82, 2.24) is 0 Å². The summed E-state index contributed by atoms with van der Waals surface area (Å²) in [4.78, 5) is 2.73. The van der Waals surface area contributed by atoms with Crippen molar-refractivity contribution in [3.05, 3.63) is 21.4 Å². The van der Waals surface area contributed by atoms with E-state index in [9.17, 15) is 0 Å². The van der Waals surface area contributed by atoms with Gasteiger partial charge in [-0.2, -0.15) is 0 Å². The van der Waals surface area contributed by atoms with Gasteiger partial charge < -0.3 is 0 Å². The number of thiophene rings is 1. The zero-order valence-corrected chi connectivity index (χ0v) is 11.2. The Hall–Kier alpha value is -0.0100. The molecular weight excluding hydrogens is 212 g/mol. The highest BCUT2D eigenvalue weighted by molar-refractivity contribution is 7.12. The molecule has 0 N–H and O–H groups in total. The number of aryl methyl sites for hydroxylation is 2. The Bertz CT molecular complexity index is 301. The minimum atomic E-state index is 0.167. The standard InChI is InChI=1S/C12H19ClS/c1-7(2)9(4)12(13)11-6-8(3)14-10(11)5/h6-7,9,12H,1-5H3. The molecule has 2 heteroatoms. The maximum Gasteiger partial charge on any atom is 0.0624 e. The maximum atomic E-state index is 6.48. The van der Waals surface area contributed by atoms with E-state index < -0.39 is 0 Å². The van der Waals surface area contributed by atoms with Crippen LogP contribution in [0.15, 0.2) is 6.07 Å². The molecule has 0 nitrogen and oxygen atoms in total. The number of halogens is 1. The Morgan fingerprint density at radius 1 is 1.21 bits per heavy atom. The zero-order valence-electron chi connectivity index (χ0n) is 9.60. The second kappa shape index (κ2) is 4.67. The molecule has 0 amide bonds. The summed E-state index contributed by atoms with van der Waals surface area (Å²) < 4.78 is 0. The lowest BCUT2D eigenvalue weighted by atomic mass is 9.91. The van der Waals surface area contributed by atoms with Gasteiger partial charge in [0, 0.05) is 9.75 Å². The summed E-state index contributed by atoms with van der Waals surface area (Å²) in [5.74, 6) is 1.17. The van der Waals surface area contributed by atoms with Gasteiger partial charge in [0.05, 0.1) is 5.38 Å². The summed E-state index contributed by atoms with van der Waals surface area (Å²) in [5.41, 5.74) is 1.33. The summed E-state index contributed by atoms with van der Waals surface area (Å²) >= 11 is 8.32. The van der Waals surface area contributed by atoms with E-state index in [1.807, 2.05) is 11.3 Å². The third kappa shape index (κ3) is 2.52. The topological polar surface area (TPSA) is 0 Å². The predicted molar refractivity (Wildman–Crippen MR) is 66.4 cm³/mol. The van der Waals surface area contributed by atoms with Crippen LogP contribution in [0.5, 0.6) is 0 Å². The predicted octanol–water partition coefficient (Wildman–Crippen LogP) is 4.94.